The number of hydrogen-bond donors (Lipinski definition) is 14. The smallest absolute Gasteiger partial charge is 0.410 e. The van der Waals surface area contributed by atoms with Gasteiger partial charge in [0.25, 0.3) is 0 Å². The summed E-state index contributed by atoms with van der Waals surface area (Å²) in [5, 5.41) is 65.4. The van der Waals surface area contributed by atoms with Gasteiger partial charge in [-0.15, -0.1) is 0 Å². The molecule has 628 valence electrons. The first-order chi connectivity index (χ1) is 56.0. The van der Waals surface area contributed by atoms with Gasteiger partial charge < -0.3 is 83.9 Å². The molecule has 8 atom stereocenters. The van der Waals surface area contributed by atoms with Crippen LogP contribution < -0.4 is 54.0 Å². The van der Waals surface area contributed by atoms with Crippen molar-refractivity contribution in [3.63, 3.8) is 0 Å². The number of nitrogens with zero attached hydrogens (tertiary/aromatic N) is 2. The van der Waals surface area contributed by atoms with Gasteiger partial charge in [-0.2, -0.15) is 0 Å². The average Bonchev–Trinajstić information content (AvgIpc) is 1.09. The van der Waals surface area contributed by atoms with Crippen molar-refractivity contribution in [2.24, 2.45) is 35.1 Å². The molecule has 16 N–H and O–H groups in total. The molecule has 9 rings (SSSR count). The largest absolute Gasteiger partial charge is 0.507 e. The van der Waals surface area contributed by atoms with Crippen molar-refractivity contribution >= 4 is 94.3 Å². The highest BCUT2D eigenvalue weighted by Crippen LogP contribution is 2.47. The summed E-state index contributed by atoms with van der Waals surface area (Å²) in [7, 11) is 0. The zero-order valence-electron chi connectivity index (χ0n) is 67.5. The molecule has 0 unspecified atom stereocenters. The fourth-order valence-electron chi connectivity index (χ4n) is 15.1. The Hall–Kier alpha value is -12.9. The molecule has 32 heteroatoms. The molecule has 0 aliphatic heterocycles. The average molecular weight is 1630 g/mol. The van der Waals surface area contributed by atoms with Crippen molar-refractivity contribution in [1.29, 1.82) is 0 Å². The summed E-state index contributed by atoms with van der Waals surface area (Å²) < 4.78 is 12.2. The van der Waals surface area contributed by atoms with Gasteiger partial charge in [0, 0.05) is 49.4 Å². The maximum atomic E-state index is 15.2. The van der Waals surface area contributed by atoms with Gasteiger partial charge in [0.05, 0.1) is 35.1 Å². The monoisotopic (exact) mass is 1620 g/mol. The summed E-state index contributed by atoms with van der Waals surface area (Å²) in [6.07, 6.45) is -4.39. The number of nitrogens with two attached hydrogens (primary N) is 2. The highest BCUT2D eigenvalue weighted by molar-refractivity contribution is 6.33. The summed E-state index contributed by atoms with van der Waals surface area (Å²) in [6.45, 7) is 13.9. The van der Waals surface area contributed by atoms with Crippen LogP contribution in [0.25, 0.3) is 22.3 Å². The molecule has 10 amide bonds. The number of primary amides is 2. The van der Waals surface area contributed by atoms with E-state index < -0.39 is 216 Å². The minimum atomic E-state index is -1.98. The zero-order chi connectivity index (χ0) is 86.3. The van der Waals surface area contributed by atoms with E-state index in [1.54, 1.807) is 27.7 Å². The van der Waals surface area contributed by atoms with Gasteiger partial charge in [0.15, 0.2) is 0 Å². The number of phenols is 2. The van der Waals surface area contributed by atoms with E-state index in [0.29, 0.717) is 0 Å². The van der Waals surface area contributed by atoms with E-state index in [0.717, 1.165) is 66.4 Å². The molecule has 0 fully saturated rings. The van der Waals surface area contributed by atoms with Gasteiger partial charge >= 0.3 is 24.1 Å². The molecule has 6 aromatic rings. The molecule has 0 saturated heterocycles. The molecular formula is C86H104N12O20. The number of amides is 10. The molecule has 0 heterocycles. The third-order valence-electron chi connectivity index (χ3n) is 20.8. The van der Waals surface area contributed by atoms with E-state index in [4.69, 9.17) is 20.9 Å². The number of fused-ring (bicyclic) bond motifs is 8. The Morgan fingerprint density at radius 2 is 0.669 bits per heavy atom. The van der Waals surface area contributed by atoms with Crippen LogP contribution in [0.2, 0.25) is 0 Å². The molecular weight excluding hydrogens is 1520 g/mol. The number of carbonyl (C=O) groups excluding carboxylic acids is 12. The molecule has 0 bridgehead atoms. The van der Waals surface area contributed by atoms with E-state index >= 15 is 28.8 Å². The first kappa shape index (κ1) is 89.0. The van der Waals surface area contributed by atoms with E-state index in [1.807, 2.05) is 125 Å². The summed E-state index contributed by atoms with van der Waals surface area (Å²) >= 11 is 0. The van der Waals surface area contributed by atoms with E-state index in [-0.39, 0.29) is 73.9 Å². The summed E-state index contributed by atoms with van der Waals surface area (Å²) in [5.74, 6) is -15.9. The summed E-state index contributed by atoms with van der Waals surface area (Å²) in [6, 6.07) is 22.6. The molecule has 32 nitrogen and oxygen atoms in total. The maximum absolute atomic E-state index is 15.2. The topological polar surface area (TPSA) is 493 Å². The van der Waals surface area contributed by atoms with E-state index in [9.17, 15) is 58.8 Å². The molecule has 0 saturated carbocycles. The number of carbonyl (C=O) groups is 14. The highest BCUT2D eigenvalue weighted by atomic mass is 16.6. The Morgan fingerprint density at radius 1 is 0.381 bits per heavy atom. The van der Waals surface area contributed by atoms with Crippen molar-refractivity contribution in [2.45, 2.75) is 168 Å². The highest BCUT2D eigenvalue weighted by Gasteiger charge is 2.43. The van der Waals surface area contributed by atoms with Crippen molar-refractivity contribution < 1.29 is 97.0 Å². The quantitative estimate of drug-likeness (QED) is 0.0172. The normalized spacial score (nSPS) is 14.5. The number of hydrogen-bond acceptors (Lipinski definition) is 20. The lowest BCUT2D eigenvalue weighted by Crippen LogP contribution is -2.58. The Balaban J connectivity index is 1.05. The van der Waals surface area contributed by atoms with Crippen molar-refractivity contribution in [2.75, 3.05) is 50.0 Å². The number of aliphatic carboxylic acids is 2. The number of rotatable bonds is 40. The molecule has 6 aromatic carbocycles. The number of carboxylic acids is 2. The summed E-state index contributed by atoms with van der Waals surface area (Å²) in [5.41, 5.74) is 15.3. The van der Waals surface area contributed by atoms with Crippen LogP contribution in [-0.4, -0.2) is 201 Å². The molecule has 3 aliphatic carbocycles. The van der Waals surface area contributed by atoms with E-state index in [1.165, 1.54) is 26.0 Å². The Kier molecular flexibility index (Phi) is 29.9. The molecule has 118 heavy (non-hydrogen) atoms. The second-order valence-electron chi connectivity index (χ2n) is 31.5. The lowest BCUT2D eigenvalue weighted by molar-refractivity contribution is -0.142. The fraction of sp³-hybridized carbons (Fsp3) is 0.419. The molecule has 0 radical (unpaired) electrons. The Labute approximate surface area is 682 Å². The van der Waals surface area contributed by atoms with Gasteiger partial charge in [-0.25, -0.2) is 9.59 Å². The van der Waals surface area contributed by atoms with Gasteiger partial charge in [-0.1, -0.05) is 152 Å². The minimum Gasteiger partial charge on any atom is -0.507 e. The second-order valence-corrected chi connectivity index (χ2v) is 31.5. The van der Waals surface area contributed by atoms with Gasteiger partial charge in [-0.3, -0.25) is 67.3 Å². The van der Waals surface area contributed by atoms with Crippen molar-refractivity contribution in [3.8, 4) is 33.8 Å². The van der Waals surface area contributed by atoms with Crippen molar-refractivity contribution in [3.05, 3.63) is 166 Å². The second kappa shape index (κ2) is 39.6. The maximum Gasteiger partial charge on any atom is 0.410 e. The number of ether oxygens (including phenoxy) is 2. The molecule has 0 spiro atoms. The number of benzene rings is 6. The molecule has 0 aromatic heterocycles. The van der Waals surface area contributed by atoms with Crippen LogP contribution in [0.15, 0.2) is 121 Å². The Bertz CT molecular complexity index is 4450. The fourth-order valence-corrected chi connectivity index (χ4v) is 15.1. The predicted octanol–water partition coefficient (Wildman–Crippen LogP) is 6.99. The van der Waals surface area contributed by atoms with E-state index in [2.05, 4.69) is 42.5 Å². The number of phenolic OH excluding ortho intramolecular Hbond substituents is 2. The van der Waals surface area contributed by atoms with Crippen LogP contribution >= 0.6 is 0 Å². The number of anilines is 2. The first-order valence-corrected chi connectivity index (χ1v) is 39.3. The predicted molar refractivity (Wildman–Crippen MR) is 435 cm³/mol. The number of ketones is 2. The first-order valence-electron chi connectivity index (χ1n) is 39.3. The van der Waals surface area contributed by atoms with Crippen LogP contribution in [-0.2, 0) is 57.4 Å². The van der Waals surface area contributed by atoms with Crippen LogP contribution in [0, 0.1) is 23.7 Å². The Morgan fingerprint density at radius 3 is 0.958 bits per heavy atom. The summed E-state index contributed by atoms with van der Waals surface area (Å²) in [4.78, 5) is 199. The van der Waals surface area contributed by atoms with Gasteiger partial charge in [0.1, 0.15) is 73.0 Å². The molecule has 3 aliphatic rings. The minimum absolute atomic E-state index is 0.0630. The zero-order valence-corrected chi connectivity index (χ0v) is 67.5. The lowest BCUT2D eigenvalue weighted by atomic mass is 9.81. The lowest BCUT2D eigenvalue weighted by Gasteiger charge is -2.32. The standard InChI is InChI=1S/C86H104N12O20/c1-43(2)35-61(77(87)107)93-79(109)47(9)91-81(111)63(37-45(5)6)95-83(113)65(39-69(101)102)97(85(115)117-41-57-53-23-15-11-19-49(53)50-20-12-16-24-54(50)57)33-31-89-59-27-28-60(72-71(59)75(105)73-67(99)29-30-68(100)74(73)76(72)106)90-32-34-98(86(116)118-42-58-55-25-17-13-21-51(55)52-22-14-18-26-56(52)58)66(40-70(103)104)84(114)96-64(38-46(7)8)82(112)92-48(10)80(110)94-62(78(88)108)36-44(3)4/h11-30,43-48,57-58,61-66,89-90,99-100H,31-42H2,1-10H3,(H2,87,107)(H2,88,108)(H,91,111)(H,92,112)(H,93,109)(H,94,110)(H,95,113)(H,96,114)(H,101,102)(H,103,104)/t47-,48-,61-,62-,63-,64-,65-,66-/m0/s1. The van der Waals surface area contributed by atoms with Crippen LogP contribution in [0.5, 0.6) is 11.5 Å². The van der Waals surface area contributed by atoms with Crippen LogP contribution in [0.1, 0.15) is 174 Å². The van der Waals surface area contributed by atoms with Crippen LogP contribution in [0.3, 0.4) is 0 Å². The van der Waals surface area contributed by atoms with Gasteiger partial charge in [0.2, 0.25) is 58.8 Å². The third kappa shape index (κ3) is 21.6. The SMILES string of the molecule is CC(C)C[C@H](NC(=O)[C@H](C)NC(=O)[C@H](CC(C)C)NC(=O)[C@H](CC(=O)O)N(CCNc1ccc(NCCN(C(=O)OCC2c3ccccc3-c3ccccc32)[C@@H](CC(=O)O)C(=O)N[C@@H](CC(C)C)C(=O)N[C@@H](C)C(=O)N[C@@H](CC(C)C)C(N)=O)c2c1C(=O)c1c(O)ccc(O)c1C2=O)C(=O)OCC1c2ccccc2-c2ccccc21)C(N)=O. The third-order valence-corrected chi connectivity index (χ3v) is 20.8. The van der Waals surface area contributed by atoms with Crippen molar-refractivity contribution in [1.82, 2.24) is 41.7 Å². The van der Waals surface area contributed by atoms with Crippen LogP contribution in [0.4, 0.5) is 21.0 Å². The number of nitrogens with one attached hydrogen (secondary N) is 8. The number of carboxylic acid groups (broad SMARTS) is 2. The van der Waals surface area contributed by atoms with Gasteiger partial charge in [-0.05, 0) is 132 Å². The number of aromatic hydroxyl groups is 2.